The van der Waals surface area contributed by atoms with Crippen LogP contribution in [0.25, 0.3) is 0 Å². The molecule has 148 valence electrons. The minimum absolute atomic E-state index is 0.0492. The standard InChI is InChI=1S/C19H31NO6/c1-8-11-12-14(4)13-19(15(21)24-9-2,16(22)25-10-3)20-17(23)26-18(5,6)7/h8,11-12H,9-10,13H2,1-7H3,(H,20,23). The fourth-order valence-electron chi connectivity index (χ4n) is 2.10. The first-order valence-electron chi connectivity index (χ1n) is 8.66. The van der Waals surface area contributed by atoms with E-state index in [4.69, 9.17) is 14.2 Å². The van der Waals surface area contributed by atoms with Crippen LogP contribution in [-0.2, 0) is 23.8 Å². The summed E-state index contributed by atoms with van der Waals surface area (Å²) in [7, 11) is 0. The van der Waals surface area contributed by atoms with Crippen molar-refractivity contribution in [1.82, 2.24) is 5.32 Å². The Morgan fingerprint density at radius 2 is 1.50 bits per heavy atom. The van der Waals surface area contributed by atoms with Crippen molar-refractivity contribution in [3.63, 3.8) is 0 Å². The maximum Gasteiger partial charge on any atom is 0.409 e. The van der Waals surface area contributed by atoms with E-state index >= 15 is 0 Å². The topological polar surface area (TPSA) is 90.9 Å². The molecule has 26 heavy (non-hydrogen) atoms. The molecular weight excluding hydrogens is 338 g/mol. The summed E-state index contributed by atoms with van der Waals surface area (Å²) in [5.74, 6) is -1.78. The molecule has 0 aliphatic carbocycles. The summed E-state index contributed by atoms with van der Waals surface area (Å²) in [6.45, 7) is 12.0. The van der Waals surface area contributed by atoms with Crippen LogP contribution in [0.4, 0.5) is 4.79 Å². The molecule has 0 fully saturated rings. The van der Waals surface area contributed by atoms with Gasteiger partial charge in [-0.05, 0) is 48.5 Å². The molecule has 1 amide bonds. The van der Waals surface area contributed by atoms with Gasteiger partial charge in [0.15, 0.2) is 0 Å². The molecule has 0 aromatic carbocycles. The first-order valence-corrected chi connectivity index (χ1v) is 8.66. The molecule has 7 nitrogen and oxygen atoms in total. The number of ether oxygens (including phenoxy) is 3. The van der Waals surface area contributed by atoms with Crippen LogP contribution in [0.3, 0.4) is 0 Å². The average molecular weight is 369 g/mol. The maximum atomic E-state index is 12.7. The summed E-state index contributed by atoms with van der Waals surface area (Å²) >= 11 is 0. The number of allylic oxidation sites excluding steroid dienone is 3. The lowest BCUT2D eigenvalue weighted by Gasteiger charge is -2.31. The summed E-state index contributed by atoms with van der Waals surface area (Å²) in [6, 6.07) is 0. The summed E-state index contributed by atoms with van der Waals surface area (Å²) in [5, 5.41) is 2.39. The Labute approximate surface area is 155 Å². The summed E-state index contributed by atoms with van der Waals surface area (Å²) in [5.41, 5.74) is -2.13. The highest BCUT2D eigenvalue weighted by molar-refractivity contribution is 6.07. The normalized spacial score (nSPS) is 12.7. The van der Waals surface area contributed by atoms with Crippen molar-refractivity contribution in [2.24, 2.45) is 0 Å². The summed E-state index contributed by atoms with van der Waals surface area (Å²) in [6.07, 6.45) is 4.31. The molecule has 0 radical (unpaired) electrons. The molecule has 0 bridgehead atoms. The van der Waals surface area contributed by atoms with Gasteiger partial charge in [-0.25, -0.2) is 14.4 Å². The SMILES string of the molecule is CC=CC=C(C)CC(NC(=O)OC(C)(C)C)(C(=O)OCC)C(=O)OCC. The molecule has 0 rings (SSSR count). The van der Waals surface area contributed by atoms with E-state index in [0.29, 0.717) is 5.57 Å². The monoisotopic (exact) mass is 369 g/mol. The van der Waals surface area contributed by atoms with Gasteiger partial charge in [-0.3, -0.25) is 5.32 Å². The van der Waals surface area contributed by atoms with Crippen molar-refractivity contribution < 1.29 is 28.6 Å². The molecule has 0 atom stereocenters. The molecule has 0 spiro atoms. The van der Waals surface area contributed by atoms with E-state index in [2.05, 4.69) is 5.32 Å². The van der Waals surface area contributed by atoms with Gasteiger partial charge in [0.1, 0.15) is 5.60 Å². The lowest BCUT2D eigenvalue weighted by molar-refractivity contribution is -0.166. The second-order valence-electron chi connectivity index (χ2n) is 6.69. The highest BCUT2D eigenvalue weighted by Crippen LogP contribution is 2.22. The number of hydrogen-bond acceptors (Lipinski definition) is 6. The van der Waals surface area contributed by atoms with Crippen molar-refractivity contribution in [3.05, 3.63) is 23.8 Å². The van der Waals surface area contributed by atoms with E-state index in [9.17, 15) is 14.4 Å². The predicted octanol–water partition coefficient (Wildman–Crippen LogP) is 3.29. The van der Waals surface area contributed by atoms with Crippen LogP contribution in [0, 0.1) is 0 Å². The molecule has 0 aliphatic rings. The van der Waals surface area contributed by atoms with Crippen LogP contribution in [0.2, 0.25) is 0 Å². The number of rotatable bonds is 8. The molecule has 7 heteroatoms. The Morgan fingerprint density at radius 1 is 1.00 bits per heavy atom. The van der Waals surface area contributed by atoms with Gasteiger partial charge in [-0.15, -0.1) is 0 Å². The third-order valence-electron chi connectivity index (χ3n) is 3.08. The van der Waals surface area contributed by atoms with Gasteiger partial charge in [0.2, 0.25) is 5.54 Å². The number of hydrogen-bond donors (Lipinski definition) is 1. The van der Waals surface area contributed by atoms with E-state index in [-0.39, 0.29) is 19.6 Å². The van der Waals surface area contributed by atoms with Gasteiger partial charge < -0.3 is 14.2 Å². The number of esters is 2. The van der Waals surface area contributed by atoms with Crippen LogP contribution in [0.5, 0.6) is 0 Å². The smallest absolute Gasteiger partial charge is 0.409 e. The lowest BCUT2D eigenvalue weighted by Crippen LogP contribution is -2.62. The second-order valence-corrected chi connectivity index (χ2v) is 6.69. The number of carbonyl (C=O) groups excluding carboxylic acids is 3. The Bertz CT molecular complexity index is 539. The van der Waals surface area contributed by atoms with E-state index in [0.717, 1.165) is 0 Å². The summed E-state index contributed by atoms with van der Waals surface area (Å²) in [4.78, 5) is 37.6. The quantitative estimate of drug-likeness (QED) is 0.305. The molecule has 1 N–H and O–H groups in total. The third kappa shape index (κ3) is 7.72. The van der Waals surface area contributed by atoms with Gasteiger partial charge in [0.25, 0.3) is 0 Å². The van der Waals surface area contributed by atoms with Crippen LogP contribution in [0.15, 0.2) is 23.8 Å². The highest BCUT2D eigenvalue weighted by atomic mass is 16.6. The Balaban J connectivity index is 5.97. The zero-order chi connectivity index (χ0) is 20.4. The number of nitrogens with one attached hydrogen (secondary N) is 1. The fourth-order valence-corrected chi connectivity index (χ4v) is 2.10. The Hall–Kier alpha value is -2.31. The van der Waals surface area contributed by atoms with Gasteiger partial charge in [0, 0.05) is 6.42 Å². The molecule has 0 saturated carbocycles. The van der Waals surface area contributed by atoms with Crippen molar-refractivity contribution >= 4 is 18.0 Å². The Morgan fingerprint density at radius 3 is 1.88 bits per heavy atom. The zero-order valence-corrected chi connectivity index (χ0v) is 16.8. The Kier molecular flexibility index (Phi) is 9.69. The van der Waals surface area contributed by atoms with Gasteiger partial charge >= 0.3 is 18.0 Å². The van der Waals surface area contributed by atoms with Crippen LogP contribution in [0.1, 0.15) is 54.9 Å². The van der Waals surface area contributed by atoms with Crippen LogP contribution < -0.4 is 5.32 Å². The number of alkyl carbamates (subject to hydrolysis) is 1. The molecule has 0 saturated heterocycles. The molecule has 0 aliphatic heterocycles. The van der Waals surface area contributed by atoms with Crippen molar-refractivity contribution in [2.75, 3.05) is 13.2 Å². The average Bonchev–Trinajstić information content (AvgIpc) is 2.50. The van der Waals surface area contributed by atoms with E-state index < -0.39 is 29.2 Å². The highest BCUT2D eigenvalue weighted by Gasteiger charge is 2.51. The van der Waals surface area contributed by atoms with Gasteiger partial charge in [-0.2, -0.15) is 0 Å². The van der Waals surface area contributed by atoms with Gasteiger partial charge in [0.05, 0.1) is 13.2 Å². The van der Waals surface area contributed by atoms with Gasteiger partial charge in [-0.1, -0.05) is 23.8 Å². The van der Waals surface area contributed by atoms with Crippen molar-refractivity contribution in [3.8, 4) is 0 Å². The van der Waals surface area contributed by atoms with Crippen molar-refractivity contribution in [1.29, 1.82) is 0 Å². The third-order valence-corrected chi connectivity index (χ3v) is 3.08. The maximum absolute atomic E-state index is 12.7. The van der Waals surface area contributed by atoms with E-state index in [1.165, 1.54) is 0 Å². The molecular formula is C19H31NO6. The second kappa shape index (κ2) is 10.6. The van der Waals surface area contributed by atoms with E-state index in [1.807, 2.05) is 6.92 Å². The first-order chi connectivity index (χ1) is 12.0. The molecule has 0 heterocycles. The van der Waals surface area contributed by atoms with Crippen molar-refractivity contribution in [2.45, 2.75) is 66.0 Å². The molecule has 0 aromatic heterocycles. The molecule has 0 aromatic rings. The van der Waals surface area contributed by atoms with E-state index in [1.54, 1.807) is 59.8 Å². The number of carbonyl (C=O) groups is 3. The van der Waals surface area contributed by atoms with Crippen LogP contribution >= 0.6 is 0 Å². The lowest BCUT2D eigenvalue weighted by atomic mass is 9.90. The minimum Gasteiger partial charge on any atom is -0.464 e. The minimum atomic E-state index is -2.02. The molecule has 0 unspecified atom stereocenters. The van der Waals surface area contributed by atoms with Crippen LogP contribution in [-0.4, -0.2) is 42.4 Å². The fraction of sp³-hybridized carbons (Fsp3) is 0.632. The largest absolute Gasteiger partial charge is 0.464 e. The first kappa shape index (κ1) is 23.7. The zero-order valence-electron chi connectivity index (χ0n) is 16.8. The predicted molar refractivity (Wildman–Crippen MR) is 98.6 cm³/mol. The number of amides is 1. The summed E-state index contributed by atoms with van der Waals surface area (Å²) < 4.78 is 15.3.